The molecule has 34 heavy (non-hydrogen) atoms. The maximum atomic E-state index is 12.8. The second-order valence-corrected chi connectivity index (χ2v) is 10.7. The molecule has 0 bridgehead atoms. The molecule has 1 amide bonds. The van der Waals surface area contributed by atoms with Crippen LogP contribution in [0.3, 0.4) is 0 Å². The molecule has 1 unspecified atom stereocenters. The van der Waals surface area contributed by atoms with Crippen molar-refractivity contribution in [3.05, 3.63) is 71.5 Å². The fourth-order valence-electron chi connectivity index (χ4n) is 4.72. The Balaban J connectivity index is 1.44. The van der Waals surface area contributed by atoms with Crippen molar-refractivity contribution in [2.45, 2.75) is 24.0 Å². The molecule has 7 nitrogen and oxygen atoms in total. The number of likely N-dealkylation sites (N-methyl/N-ethyl adjacent to an activating group) is 1. The van der Waals surface area contributed by atoms with Crippen molar-refractivity contribution in [1.82, 2.24) is 14.9 Å². The first-order valence-corrected chi connectivity index (χ1v) is 13.1. The first-order valence-electron chi connectivity index (χ1n) is 11.4. The molecule has 5 rings (SSSR count). The molecule has 1 aliphatic heterocycles. The standard InChI is InChI=1S/C26H28N4O3S/c1-29(10-11-31)24(32)20-6-7-22-23(13-20)30(17-26(22)8-9-26)25-27-14-21(15-28-25)19-5-3-4-18(12-19)16-34(2)33/h3-7,12-15,31H,8-11,16-17H2,1-2H3. The predicted molar refractivity (Wildman–Crippen MR) is 134 cm³/mol. The van der Waals surface area contributed by atoms with Gasteiger partial charge in [0, 0.05) is 77.6 Å². The molecule has 3 aromatic rings. The number of rotatable bonds is 7. The first-order chi connectivity index (χ1) is 16.4. The van der Waals surface area contributed by atoms with Crippen molar-refractivity contribution in [3.8, 4) is 11.1 Å². The highest BCUT2D eigenvalue weighted by atomic mass is 32.2. The normalized spacial score (nSPS) is 16.4. The maximum absolute atomic E-state index is 12.8. The Labute approximate surface area is 201 Å². The lowest BCUT2D eigenvalue weighted by molar-refractivity contribution is 0.0767. The minimum Gasteiger partial charge on any atom is -0.395 e. The zero-order chi connectivity index (χ0) is 23.9. The van der Waals surface area contributed by atoms with Gasteiger partial charge in [-0.3, -0.25) is 9.00 Å². The minimum atomic E-state index is -0.896. The molecule has 8 heteroatoms. The largest absolute Gasteiger partial charge is 0.395 e. The van der Waals surface area contributed by atoms with E-state index in [9.17, 15) is 14.1 Å². The number of fused-ring (bicyclic) bond motifs is 2. The molecular formula is C26H28N4O3S. The fraction of sp³-hybridized carbons (Fsp3) is 0.346. The second kappa shape index (κ2) is 8.92. The summed E-state index contributed by atoms with van der Waals surface area (Å²) in [4.78, 5) is 25.8. The van der Waals surface area contributed by atoms with Crippen molar-refractivity contribution >= 4 is 28.3 Å². The number of aliphatic hydroxyl groups excluding tert-OH is 1. The Morgan fingerprint density at radius 3 is 2.59 bits per heavy atom. The van der Waals surface area contributed by atoms with Crippen LogP contribution in [0.1, 0.15) is 34.3 Å². The lowest BCUT2D eigenvalue weighted by atomic mass is 9.97. The molecule has 2 heterocycles. The molecule has 1 spiro atoms. The van der Waals surface area contributed by atoms with E-state index in [1.165, 1.54) is 10.5 Å². The summed E-state index contributed by atoms with van der Waals surface area (Å²) in [6, 6.07) is 13.9. The van der Waals surface area contributed by atoms with Crippen LogP contribution in [0.5, 0.6) is 0 Å². The molecule has 0 saturated heterocycles. The number of aliphatic hydroxyl groups is 1. The molecule has 1 atom stereocenters. The van der Waals surface area contributed by atoms with E-state index >= 15 is 0 Å². The Hall–Kier alpha value is -3.10. The highest BCUT2D eigenvalue weighted by Gasteiger charge is 2.52. The first kappa shape index (κ1) is 22.7. The number of nitrogens with zero attached hydrogens (tertiary/aromatic N) is 4. The molecule has 1 saturated carbocycles. The van der Waals surface area contributed by atoms with Crippen LogP contribution in [0.4, 0.5) is 11.6 Å². The lowest BCUT2D eigenvalue weighted by Gasteiger charge is -2.20. The van der Waals surface area contributed by atoms with Gasteiger partial charge in [-0.15, -0.1) is 0 Å². The number of aromatic nitrogens is 2. The maximum Gasteiger partial charge on any atom is 0.253 e. The zero-order valence-corrected chi connectivity index (χ0v) is 20.2. The molecule has 1 aliphatic carbocycles. The van der Waals surface area contributed by atoms with Crippen molar-refractivity contribution in [2.24, 2.45) is 0 Å². The van der Waals surface area contributed by atoms with Crippen molar-refractivity contribution in [2.75, 3.05) is 37.9 Å². The van der Waals surface area contributed by atoms with Gasteiger partial charge in [0.1, 0.15) is 0 Å². The Kier molecular flexibility index (Phi) is 5.95. The summed E-state index contributed by atoms with van der Waals surface area (Å²) in [6.07, 6.45) is 7.60. The van der Waals surface area contributed by atoms with E-state index in [2.05, 4.69) is 20.9 Å². The molecule has 1 aromatic heterocycles. The number of hydrogen-bond acceptors (Lipinski definition) is 6. The van der Waals surface area contributed by atoms with Gasteiger partial charge in [-0.25, -0.2) is 9.97 Å². The van der Waals surface area contributed by atoms with Gasteiger partial charge in [0.25, 0.3) is 5.91 Å². The van der Waals surface area contributed by atoms with E-state index in [1.54, 1.807) is 13.3 Å². The fourth-order valence-corrected chi connectivity index (χ4v) is 5.37. The quantitative estimate of drug-likeness (QED) is 0.563. The second-order valence-electron chi connectivity index (χ2n) is 9.24. The average molecular weight is 477 g/mol. The zero-order valence-electron chi connectivity index (χ0n) is 19.4. The van der Waals surface area contributed by atoms with Crippen LogP contribution in [0.15, 0.2) is 54.9 Å². The molecule has 0 radical (unpaired) electrons. The number of benzene rings is 2. The Morgan fingerprint density at radius 2 is 1.91 bits per heavy atom. The third-order valence-corrected chi connectivity index (χ3v) is 7.45. The summed E-state index contributed by atoms with van der Waals surface area (Å²) >= 11 is 0. The van der Waals surface area contributed by atoms with Crippen LogP contribution in [0.25, 0.3) is 11.1 Å². The molecule has 2 aliphatic rings. The molecule has 1 N–H and O–H groups in total. The van der Waals surface area contributed by atoms with Crippen LogP contribution in [-0.4, -0.2) is 63.1 Å². The van der Waals surface area contributed by atoms with Gasteiger partial charge < -0.3 is 14.9 Å². The highest BCUT2D eigenvalue weighted by molar-refractivity contribution is 7.83. The van der Waals surface area contributed by atoms with Crippen molar-refractivity contribution < 1.29 is 14.1 Å². The van der Waals surface area contributed by atoms with Gasteiger partial charge in [-0.05, 0) is 41.7 Å². The summed E-state index contributed by atoms with van der Waals surface area (Å²) in [7, 11) is 0.799. The topological polar surface area (TPSA) is 86.6 Å². The number of carbonyl (C=O) groups excluding carboxylic acids is 1. The smallest absolute Gasteiger partial charge is 0.253 e. The highest BCUT2D eigenvalue weighted by Crippen LogP contribution is 2.57. The van der Waals surface area contributed by atoms with Crippen LogP contribution >= 0.6 is 0 Å². The monoisotopic (exact) mass is 476 g/mol. The van der Waals surface area contributed by atoms with E-state index in [4.69, 9.17) is 0 Å². The number of carbonyl (C=O) groups is 1. The summed E-state index contributed by atoms with van der Waals surface area (Å²) in [5.41, 5.74) is 5.88. The van der Waals surface area contributed by atoms with Gasteiger partial charge in [-0.2, -0.15) is 0 Å². The van der Waals surface area contributed by atoms with E-state index in [0.717, 1.165) is 41.8 Å². The molecule has 176 valence electrons. The van der Waals surface area contributed by atoms with Crippen LogP contribution in [0, 0.1) is 0 Å². The molecular weight excluding hydrogens is 448 g/mol. The summed E-state index contributed by atoms with van der Waals surface area (Å²) in [5.74, 6) is 1.03. The van der Waals surface area contributed by atoms with Gasteiger partial charge in [0.15, 0.2) is 0 Å². The van der Waals surface area contributed by atoms with Crippen molar-refractivity contribution in [1.29, 1.82) is 0 Å². The van der Waals surface area contributed by atoms with Gasteiger partial charge in [-0.1, -0.05) is 30.3 Å². The van der Waals surface area contributed by atoms with Crippen LogP contribution in [-0.2, 0) is 22.0 Å². The third-order valence-electron chi connectivity index (χ3n) is 6.71. The van der Waals surface area contributed by atoms with Gasteiger partial charge in [0.05, 0.1) is 6.61 Å². The van der Waals surface area contributed by atoms with E-state index < -0.39 is 10.8 Å². The third kappa shape index (κ3) is 4.23. The average Bonchev–Trinajstić information content (AvgIpc) is 3.55. The van der Waals surface area contributed by atoms with E-state index in [-0.39, 0.29) is 17.9 Å². The Morgan fingerprint density at radius 1 is 1.15 bits per heavy atom. The number of hydrogen-bond donors (Lipinski definition) is 1. The minimum absolute atomic E-state index is 0.0676. The van der Waals surface area contributed by atoms with Crippen LogP contribution < -0.4 is 4.90 Å². The number of anilines is 2. The summed E-state index contributed by atoms with van der Waals surface area (Å²) < 4.78 is 11.6. The lowest BCUT2D eigenvalue weighted by Crippen LogP contribution is -2.29. The van der Waals surface area contributed by atoms with E-state index in [0.29, 0.717) is 23.8 Å². The summed E-state index contributed by atoms with van der Waals surface area (Å²) in [5, 5.41) is 9.18. The van der Waals surface area contributed by atoms with E-state index in [1.807, 2.05) is 48.8 Å². The number of amides is 1. The SMILES string of the molecule is CN(CCO)C(=O)c1ccc2c(c1)N(c1ncc(-c3cccc(CS(C)=O)c3)cn1)CC21CC1. The van der Waals surface area contributed by atoms with Crippen LogP contribution in [0.2, 0.25) is 0 Å². The molecule has 2 aromatic carbocycles. The summed E-state index contributed by atoms with van der Waals surface area (Å²) in [6.45, 7) is 1.04. The molecule has 1 fully saturated rings. The Bertz CT molecular complexity index is 1260. The van der Waals surface area contributed by atoms with Gasteiger partial charge in [0.2, 0.25) is 5.95 Å². The predicted octanol–water partition coefficient (Wildman–Crippen LogP) is 3.27. The van der Waals surface area contributed by atoms with Crippen molar-refractivity contribution in [3.63, 3.8) is 0 Å². The van der Waals surface area contributed by atoms with Gasteiger partial charge >= 0.3 is 0 Å².